The minimum atomic E-state index is -0.480. The van der Waals surface area contributed by atoms with Crippen LogP contribution in [0.2, 0.25) is 0 Å². The van der Waals surface area contributed by atoms with E-state index in [9.17, 15) is 43.2 Å². The van der Waals surface area contributed by atoms with Gasteiger partial charge in [-0.3, -0.25) is 53.0 Å². The van der Waals surface area contributed by atoms with Gasteiger partial charge in [0.1, 0.15) is 5.78 Å². The van der Waals surface area contributed by atoms with Crippen LogP contribution in [0, 0.1) is 11.8 Å². The number of hydrogen-bond donors (Lipinski definition) is 3. The van der Waals surface area contributed by atoms with E-state index >= 15 is 0 Å². The molecule has 42 heavy (non-hydrogen) atoms. The molecule has 2 heterocycles. The Morgan fingerprint density at radius 3 is 1.90 bits per heavy atom. The van der Waals surface area contributed by atoms with Crippen molar-refractivity contribution in [2.24, 2.45) is 11.8 Å². The number of nitrogens with zero attached hydrogens (tertiary/aromatic N) is 2. The van der Waals surface area contributed by atoms with E-state index in [-0.39, 0.29) is 119 Å². The van der Waals surface area contributed by atoms with Gasteiger partial charge in [-0.1, -0.05) is 13.8 Å². The molecule has 0 spiro atoms. The summed E-state index contributed by atoms with van der Waals surface area (Å²) in [4.78, 5) is 109. The standard InChI is InChI=1S/C28H39N5O9/c1-18(2)21-16-27(41)33(28(21)42)14-3-4-19(34)5-7-23(37)31-17-20(35)6-8-22(36)29-12-11-24(38)30-13-15-32-25(39)9-10-26(32)40/h9-10,18,21H,3-8,11-17H2,1-2H3,(H,29,36)(H,30,38)(H,31,37). The van der Waals surface area contributed by atoms with Gasteiger partial charge in [-0.25, -0.2) is 0 Å². The molecule has 14 nitrogen and oxygen atoms in total. The fourth-order valence-corrected chi connectivity index (χ4v) is 4.35. The highest BCUT2D eigenvalue weighted by Gasteiger charge is 2.39. The number of ketones is 2. The van der Waals surface area contributed by atoms with E-state index in [0.29, 0.717) is 6.42 Å². The quantitative estimate of drug-likeness (QED) is 0.161. The molecule has 0 aromatic carbocycles. The Balaban J connectivity index is 1.48. The van der Waals surface area contributed by atoms with Gasteiger partial charge >= 0.3 is 0 Å². The van der Waals surface area contributed by atoms with E-state index in [2.05, 4.69) is 16.0 Å². The predicted octanol–water partition coefficient (Wildman–Crippen LogP) is -0.840. The van der Waals surface area contributed by atoms with Crippen LogP contribution >= 0.6 is 0 Å². The summed E-state index contributed by atoms with van der Waals surface area (Å²) in [6.07, 6.45) is 2.56. The molecule has 1 fully saturated rings. The zero-order chi connectivity index (χ0) is 31.2. The molecule has 1 saturated heterocycles. The Labute approximate surface area is 244 Å². The van der Waals surface area contributed by atoms with Crippen LogP contribution in [0.25, 0.3) is 0 Å². The van der Waals surface area contributed by atoms with Crippen molar-refractivity contribution in [3.8, 4) is 0 Å². The molecule has 7 amide bonds. The van der Waals surface area contributed by atoms with Crippen molar-refractivity contribution < 1.29 is 43.2 Å². The highest BCUT2D eigenvalue weighted by Crippen LogP contribution is 2.26. The number of carbonyl (C=O) groups is 9. The summed E-state index contributed by atoms with van der Waals surface area (Å²) in [5.74, 6) is -3.40. The van der Waals surface area contributed by atoms with Crippen molar-refractivity contribution in [2.75, 3.05) is 32.7 Å². The van der Waals surface area contributed by atoms with Gasteiger partial charge in [0.05, 0.1) is 6.54 Å². The second-order valence-corrected chi connectivity index (χ2v) is 10.5. The normalized spacial score (nSPS) is 16.4. The monoisotopic (exact) mass is 589 g/mol. The van der Waals surface area contributed by atoms with Crippen LogP contribution in [-0.2, 0) is 43.2 Å². The second-order valence-electron chi connectivity index (χ2n) is 10.5. The Morgan fingerprint density at radius 1 is 0.714 bits per heavy atom. The molecule has 2 aliphatic heterocycles. The highest BCUT2D eigenvalue weighted by atomic mass is 16.2. The number of amides is 7. The molecule has 0 radical (unpaired) electrons. The Hall–Kier alpha value is -4.23. The fraction of sp³-hybridized carbons (Fsp3) is 0.607. The molecule has 1 unspecified atom stereocenters. The average Bonchev–Trinajstić information content (AvgIpc) is 3.41. The summed E-state index contributed by atoms with van der Waals surface area (Å²) in [5, 5.41) is 7.48. The van der Waals surface area contributed by atoms with Gasteiger partial charge < -0.3 is 16.0 Å². The Morgan fingerprint density at radius 2 is 1.29 bits per heavy atom. The van der Waals surface area contributed by atoms with Gasteiger partial charge in [-0.2, -0.15) is 0 Å². The number of hydrogen-bond acceptors (Lipinski definition) is 9. The SMILES string of the molecule is CC(C)C1CC(=O)N(CCCC(=O)CCC(=O)NCC(=O)CCC(=O)NCCC(=O)NCCN2C(=O)C=CC2=O)C1=O. The third-order valence-electron chi connectivity index (χ3n) is 6.90. The third-order valence-corrected chi connectivity index (χ3v) is 6.90. The molecule has 0 aromatic rings. The minimum Gasteiger partial charge on any atom is -0.356 e. The molecular weight excluding hydrogens is 550 g/mol. The minimum absolute atomic E-state index is 0.0261. The van der Waals surface area contributed by atoms with Crippen molar-refractivity contribution in [1.82, 2.24) is 25.8 Å². The maximum absolute atomic E-state index is 12.3. The highest BCUT2D eigenvalue weighted by molar-refractivity contribution is 6.12. The Bertz CT molecular complexity index is 1110. The van der Waals surface area contributed by atoms with Crippen LogP contribution in [0.15, 0.2) is 12.2 Å². The molecule has 14 heteroatoms. The van der Waals surface area contributed by atoms with E-state index in [0.717, 1.165) is 17.1 Å². The molecule has 2 aliphatic rings. The summed E-state index contributed by atoms with van der Waals surface area (Å²) in [6, 6.07) is 0. The maximum Gasteiger partial charge on any atom is 0.253 e. The summed E-state index contributed by atoms with van der Waals surface area (Å²) in [7, 11) is 0. The molecule has 0 bridgehead atoms. The van der Waals surface area contributed by atoms with E-state index in [1.165, 1.54) is 4.90 Å². The third kappa shape index (κ3) is 11.3. The van der Waals surface area contributed by atoms with E-state index in [1.807, 2.05) is 13.8 Å². The summed E-state index contributed by atoms with van der Waals surface area (Å²) >= 11 is 0. The first-order chi connectivity index (χ1) is 19.9. The number of Topliss-reactive ketones (excluding diaryl/α,β-unsaturated/α-hetero) is 2. The molecule has 0 aromatic heterocycles. The van der Waals surface area contributed by atoms with Crippen molar-refractivity contribution in [3.63, 3.8) is 0 Å². The zero-order valence-electron chi connectivity index (χ0n) is 24.1. The molecule has 230 valence electrons. The number of imide groups is 2. The van der Waals surface area contributed by atoms with E-state index in [4.69, 9.17) is 0 Å². The zero-order valence-corrected chi connectivity index (χ0v) is 24.1. The van der Waals surface area contributed by atoms with Gasteiger partial charge in [0.25, 0.3) is 11.8 Å². The lowest BCUT2D eigenvalue weighted by atomic mass is 9.94. The first-order valence-electron chi connectivity index (χ1n) is 14.1. The number of rotatable bonds is 19. The van der Waals surface area contributed by atoms with Crippen molar-refractivity contribution >= 4 is 52.9 Å². The summed E-state index contributed by atoms with van der Waals surface area (Å²) in [6.45, 7) is 3.84. The van der Waals surface area contributed by atoms with Gasteiger partial charge in [-0.15, -0.1) is 0 Å². The first-order valence-corrected chi connectivity index (χ1v) is 14.1. The van der Waals surface area contributed by atoms with Gasteiger partial charge in [-0.05, 0) is 12.3 Å². The molecule has 1 atom stereocenters. The lowest BCUT2D eigenvalue weighted by Gasteiger charge is -2.16. The average molecular weight is 590 g/mol. The van der Waals surface area contributed by atoms with Crippen LogP contribution in [0.4, 0.5) is 0 Å². The largest absolute Gasteiger partial charge is 0.356 e. The first kappa shape index (κ1) is 34.0. The van der Waals surface area contributed by atoms with Gasteiger partial charge in [0.2, 0.25) is 29.5 Å². The molecule has 0 aliphatic carbocycles. The fourth-order valence-electron chi connectivity index (χ4n) is 4.35. The molecule has 3 N–H and O–H groups in total. The van der Waals surface area contributed by atoms with E-state index < -0.39 is 23.6 Å². The predicted molar refractivity (Wildman–Crippen MR) is 147 cm³/mol. The number of nitrogens with one attached hydrogen (secondary N) is 3. The van der Waals surface area contributed by atoms with Gasteiger partial charge in [0.15, 0.2) is 5.78 Å². The van der Waals surface area contributed by atoms with Crippen molar-refractivity contribution in [1.29, 1.82) is 0 Å². The van der Waals surface area contributed by atoms with Crippen molar-refractivity contribution in [3.05, 3.63) is 12.2 Å². The number of carbonyl (C=O) groups excluding carboxylic acids is 9. The lowest BCUT2D eigenvalue weighted by Crippen LogP contribution is -2.39. The second kappa shape index (κ2) is 16.9. The van der Waals surface area contributed by atoms with E-state index in [1.54, 1.807) is 0 Å². The van der Waals surface area contributed by atoms with Crippen LogP contribution in [0.3, 0.4) is 0 Å². The molecular formula is C28H39N5O9. The van der Waals surface area contributed by atoms with Crippen LogP contribution in [0.5, 0.6) is 0 Å². The number of likely N-dealkylation sites (tertiary alicyclic amines) is 1. The molecule has 2 rings (SSSR count). The van der Waals surface area contributed by atoms with Crippen LogP contribution in [0.1, 0.15) is 65.2 Å². The Kier molecular flexibility index (Phi) is 13.7. The van der Waals surface area contributed by atoms with Gasteiger partial charge in [0, 0.05) is 89.2 Å². The summed E-state index contributed by atoms with van der Waals surface area (Å²) < 4.78 is 0. The van der Waals surface area contributed by atoms with Crippen LogP contribution in [-0.4, -0.2) is 95.4 Å². The smallest absolute Gasteiger partial charge is 0.253 e. The van der Waals surface area contributed by atoms with Crippen molar-refractivity contribution in [2.45, 2.75) is 65.2 Å². The maximum atomic E-state index is 12.3. The lowest BCUT2D eigenvalue weighted by molar-refractivity contribution is -0.140. The molecule has 0 saturated carbocycles. The summed E-state index contributed by atoms with van der Waals surface area (Å²) in [5.41, 5.74) is 0. The van der Waals surface area contributed by atoms with Crippen LogP contribution < -0.4 is 16.0 Å². The topological polar surface area (TPSA) is 196 Å².